The Kier molecular flexibility index (Phi) is 6.85. The number of hydrogen-bond acceptors (Lipinski definition) is 8. The molecule has 1 amide bonds. The van der Waals surface area contributed by atoms with E-state index in [0.717, 1.165) is 0 Å². The summed E-state index contributed by atoms with van der Waals surface area (Å²) in [7, 11) is -2.83. The van der Waals surface area contributed by atoms with E-state index in [1.807, 2.05) is 0 Å². The van der Waals surface area contributed by atoms with Crippen LogP contribution in [-0.2, 0) is 21.2 Å². The Hall–Kier alpha value is -3.77. The van der Waals surface area contributed by atoms with Gasteiger partial charge in [-0.25, -0.2) is 22.6 Å². The van der Waals surface area contributed by atoms with Gasteiger partial charge in [0.05, 0.1) is 5.69 Å². The number of halogens is 1. The predicted octanol–water partition coefficient (Wildman–Crippen LogP) is 3.57. The molecule has 0 spiro atoms. The SMILES string of the molecule is CNC(=O)CS(=O)(=O)Nc1cccc(Cc2c(C)c3ccc(Oc4nccs4)cc3oc2=O)c1F. The lowest BCUT2D eigenvalue weighted by Gasteiger charge is -2.13. The van der Waals surface area contributed by atoms with Crippen molar-refractivity contribution < 1.29 is 26.8 Å². The largest absolute Gasteiger partial charge is 0.431 e. The van der Waals surface area contributed by atoms with Gasteiger partial charge in [0.15, 0.2) is 5.82 Å². The van der Waals surface area contributed by atoms with Gasteiger partial charge in [-0.3, -0.25) is 9.52 Å². The van der Waals surface area contributed by atoms with E-state index in [1.54, 1.807) is 36.7 Å². The standard InChI is InChI=1S/C23H20FN3O6S2/c1-13-16-7-6-15(32-23-26-8-9-34-23)11-19(16)33-22(29)17(13)10-14-4-3-5-18(21(14)24)27-35(30,31)12-20(28)25-2/h3-9,11,27H,10,12H2,1-2H3,(H,25,28). The van der Waals surface area contributed by atoms with Gasteiger partial charge in [-0.1, -0.05) is 23.5 Å². The third-order valence-corrected chi connectivity index (χ3v) is 7.01. The fourth-order valence-electron chi connectivity index (χ4n) is 3.44. The van der Waals surface area contributed by atoms with Crippen molar-refractivity contribution in [2.75, 3.05) is 17.5 Å². The van der Waals surface area contributed by atoms with Crippen LogP contribution in [0.5, 0.6) is 10.9 Å². The topological polar surface area (TPSA) is 128 Å². The summed E-state index contributed by atoms with van der Waals surface area (Å²) in [5, 5.41) is 5.06. The maximum atomic E-state index is 15.1. The summed E-state index contributed by atoms with van der Waals surface area (Å²) in [6.07, 6.45) is 1.48. The van der Waals surface area contributed by atoms with E-state index in [1.165, 1.54) is 36.6 Å². The number of sulfonamides is 1. The van der Waals surface area contributed by atoms with E-state index in [0.29, 0.717) is 27.5 Å². The zero-order valence-corrected chi connectivity index (χ0v) is 20.3. The first kappa shape index (κ1) is 24.4. The number of anilines is 1. The first-order valence-electron chi connectivity index (χ1n) is 10.3. The van der Waals surface area contributed by atoms with Crippen LogP contribution in [0.3, 0.4) is 0 Å². The average Bonchev–Trinajstić information content (AvgIpc) is 3.31. The van der Waals surface area contributed by atoms with Gasteiger partial charge in [0.25, 0.3) is 5.19 Å². The first-order chi connectivity index (χ1) is 16.7. The van der Waals surface area contributed by atoms with E-state index in [-0.39, 0.29) is 23.2 Å². The number of rotatable bonds is 8. The number of benzene rings is 2. The van der Waals surface area contributed by atoms with Crippen LogP contribution in [0.15, 0.2) is 57.2 Å². The number of ether oxygens (including phenoxy) is 1. The lowest BCUT2D eigenvalue weighted by Crippen LogP contribution is -2.30. The normalized spacial score (nSPS) is 11.4. The zero-order chi connectivity index (χ0) is 25.2. The molecule has 2 heterocycles. The quantitative estimate of drug-likeness (QED) is 0.342. The van der Waals surface area contributed by atoms with E-state index < -0.39 is 33.1 Å². The second-order valence-electron chi connectivity index (χ2n) is 7.54. The molecule has 35 heavy (non-hydrogen) atoms. The van der Waals surface area contributed by atoms with Crippen molar-refractivity contribution in [1.29, 1.82) is 0 Å². The van der Waals surface area contributed by atoms with Crippen molar-refractivity contribution in [3.63, 3.8) is 0 Å². The number of thiazole rings is 1. The minimum atomic E-state index is -4.12. The van der Waals surface area contributed by atoms with Gasteiger partial charge in [-0.2, -0.15) is 0 Å². The molecule has 2 aromatic heterocycles. The van der Waals surface area contributed by atoms with Gasteiger partial charge in [0, 0.05) is 42.1 Å². The van der Waals surface area contributed by atoms with Gasteiger partial charge in [-0.15, -0.1) is 0 Å². The predicted molar refractivity (Wildman–Crippen MR) is 130 cm³/mol. The third kappa shape index (κ3) is 5.49. The van der Waals surface area contributed by atoms with Gasteiger partial charge >= 0.3 is 5.63 Å². The lowest BCUT2D eigenvalue weighted by atomic mass is 9.99. The molecule has 9 nitrogen and oxygen atoms in total. The number of nitrogens with zero attached hydrogens (tertiary/aromatic N) is 1. The minimum Gasteiger partial charge on any atom is -0.431 e. The van der Waals surface area contributed by atoms with Gasteiger partial charge < -0.3 is 14.5 Å². The van der Waals surface area contributed by atoms with Crippen LogP contribution in [0.2, 0.25) is 0 Å². The summed E-state index contributed by atoms with van der Waals surface area (Å²) in [5.74, 6) is -1.99. The summed E-state index contributed by atoms with van der Waals surface area (Å²) in [6.45, 7) is 1.73. The molecule has 4 aromatic rings. The summed E-state index contributed by atoms with van der Waals surface area (Å²) in [6, 6.07) is 9.16. The van der Waals surface area contributed by atoms with Crippen molar-refractivity contribution in [1.82, 2.24) is 10.3 Å². The Labute approximate surface area is 203 Å². The second kappa shape index (κ2) is 9.84. The average molecular weight is 518 g/mol. The molecule has 0 aliphatic heterocycles. The summed E-state index contributed by atoms with van der Waals surface area (Å²) in [5.41, 5.74) is 0.257. The number of carbonyl (C=O) groups excluding carboxylic acids is 1. The molecule has 0 saturated carbocycles. The summed E-state index contributed by atoms with van der Waals surface area (Å²) >= 11 is 1.32. The molecule has 0 saturated heterocycles. The number of hydrogen-bond donors (Lipinski definition) is 2. The lowest BCUT2D eigenvalue weighted by molar-refractivity contribution is -0.118. The molecule has 0 bridgehead atoms. The summed E-state index contributed by atoms with van der Waals surface area (Å²) in [4.78, 5) is 28.2. The van der Waals surface area contributed by atoms with E-state index in [4.69, 9.17) is 9.15 Å². The number of aromatic nitrogens is 1. The Morgan fingerprint density at radius 2 is 2.06 bits per heavy atom. The number of fused-ring (bicyclic) bond motifs is 1. The van der Waals surface area contributed by atoms with Crippen LogP contribution in [0.25, 0.3) is 11.0 Å². The van der Waals surface area contributed by atoms with Crippen LogP contribution >= 0.6 is 11.3 Å². The smallest absolute Gasteiger partial charge is 0.340 e. The molecule has 0 unspecified atom stereocenters. The fourth-order valence-corrected chi connectivity index (χ4v) is 5.00. The number of amides is 1. The molecule has 182 valence electrons. The van der Waals surface area contributed by atoms with E-state index in [9.17, 15) is 18.0 Å². The molecule has 2 aromatic carbocycles. The number of carbonyl (C=O) groups is 1. The highest BCUT2D eigenvalue weighted by molar-refractivity contribution is 7.93. The maximum absolute atomic E-state index is 15.1. The van der Waals surface area contributed by atoms with Gasteiger partial charge in [0.1, 0.15) is 17.1 Å². The molecular formula is C23H20FN3O6S2. The van der Waals surface area contributed by atoms with Crippen molar-refractivity contribution in [2.24, 2.45) is 0 Å². The minimum absolute atomic E-state index is 0.0867. The Morgan fingerprint density at radius 3 is 2.77 bits per heavy atom. The monoisotopic (exact) mass is 517 g/mol. The summed E-state index contributed by atoms with van der Waals surface area (Å²) < 4.78 is 52.7. The van der Waals surface area contributed by atoms with Gasteiger partial charge in [-0.05, 0) is 36.2 Å². The number of aryl methyl sites for hydroxylation is 1. The molecule has 0 radical (unpaired) electrons. The van der Waals surface area contributed by atoms with Crippen LogP contribution in [0.4, 0.5) is 10.1 Å². The molecule has 0 fully saturated rings. The molecule has 0 atom stereocenters. The highest BCUT2D eigenvalue weighted by atomic mass is 32.2. The van der Waals surface area contributed by atoms with Crippen molar-refractivity contribution in [3.8, 4) is 10.9 Å². The molecule has 0 aliphatic rings. The number of nitrogens with one attached hydrogen (secondary N) is 2. The van der Waals surface area contributed by atoms with Crippen molar-refractivity contribution >= 4 is 43.9 Å². The van der Waals surface area contributed by atoms with Crippen molar-refractivity contribution in [2.45, 2.75) is 13.3 Å². The highest BCUT2D eigenvalue weighted by Gasteiger charge is 2.20. The van der Waals surface area contributed by atoms with E-state index in [2.05, 4.69) is 15.0 Å². The van der Waals surface area contributed by atoms with E-state index >= 15 is 4.39 Å². The molecule has 0 aliphatic carbocycles. The first-order valence-corrected chi connectivity index (χ1v) is 12.8. The highest BCUT2D eigenvalue weighted by Crippen LogP contribution is 2.29. The van der Waals surface area contributed by atoms with Crippen LogP contribution in [0.1, 0.15) is 16.7 Å². The van der Waals surface area contributed by atoms with Crippen molar-refractivity contribution in [3.05, 3.63) is 80.9 Å². The third-order valence-electron chi connectivity index (χ3n) is 5.18. The second-order valence-corrected chi connectivity index (χ2v) is 10.1. The van der Waals surface area contributed by atoms with Gasteiger partial charge in [0.2, 0.25) is 15.9 Å². The zero-order valence-electron chi connectivity index (χ0n) is 18.6. The molecular weight excluding hydrogens is 497 g/mol. The maximum Gasteiger partial charge on any atom is 0.340 e. The Morgan fingerprint density at radius 1 is 1.26 bits per heavy atom. The molecule has 12 heteroatoms. The fraction of sp³-hybridized carbons (Fsp3) is 0.174. The Balaban J connectivity index is 1.63. The molecule has 2 N–H and O–H groups in total. The van der Waals surface area contributed by atoms with Crippen LogP contribution in [0, 0.1) is 12.7 Å². The Bertz CT molecular complexity index is 1570. The molecule has 4 rings (SSSR count). The van der Waals surface area contributed by atoms with Crippen LogP contribution in [-0.4, -0.2) is 32.1 Å². The van der Waals surface area contributed by atoms with Crippen LogP contribution < -0.4 is 20.4 Å².